The second-order valence-electron chi connectivity index (χ2n) is 5.93. The molecule has 0 aliphatic heterocycles. The number of rotatable bonds is 8. The highest BCUT2D eigenvalue weighted by molar-refractivity contribution is 6.44. The van der Waals surface area contributed by atoms with E-state index in [4.69, 9.17) is 27.9 Å². The molecule has 2 aromatic rings. The molecule has 0 aromatic heterocycles. The van der Waals surface area contributed by atoms with E-state index in [9.17, 15) is 14.4 Å². The van der Waals surface area contributed by atoms with Gasteiger partial charge in [-0.3, -0.25) is 14.4 Å². The van der Waals surface area contributed by atoms with Crippen molar-refractivity contribution in [3.8, 4) is 5.75 Å². The van der Waals surface area contributed by atoms with Crippen LogP contribution in [-0.4, -0.2) is 37.1 Å². The van der Waals surface area contributed by atoms with Crippen molar-refractivity contribution in [1.82, 2.24) is 10.7 Å². The number of anilines is 1. The van der Waals surface area contributed by atoms with Crippen LogP contribution in [0.1, 0.15) is 18.9 Å². The Morgan fingerprint density at radius 3 is 2.60 bits per heavy atom. The summed E-state index contributed by atoms with van der Waals surface area (Å²) >= 11 is 12.0. The van der Waals surface area contributed by atoms with E-state index in [1.807, 2.05) is 6.92 Å². The maximum absolute atomic E-state index is 12.2. The Morgan fingerprint density at radius 2 is 1.83 bits per heavy atom. The van der Waals surface area contributed by atoms with Gasteiger partial charge in [-0.1, -0.05) is 48.3 Å². The highest BCUT2D eigenvalue weighted by Gasteiger charge is 2.12. The molecule has 0 unspecified atom stereocenters. The molecular formula is C20H20Cl2N4O4. The van der Waals surface area contributed by atoms with Crippen molar-refractivity contribution in [3.63, 3.8) is 0 Å². The predicted octanol–water partition coefficient (Wildman–Crippen LogP) is 2.99. The van der Waals surface area contributed by atoms with Gasteiger partial charge in [-0.15, -0.1) is 0 Å². The zero-order valence-electron chi connectivity index (χ0n) is 16.1. The van der Waals surface area contributed by atoms with Crippen molar-refractivity contribution < 1.29 is 19.1 Å². The Labute approximate surface area is 183 Å². The van der Waals surface area contributed by atoms with E-state index in [0.717, 1.165) is 0 Å². The molecule has 3 N–H and O–H groups in total. The fourth-order valence-corrected chi connectivity index (χ4v) is 2.53. The number of amides is 3. The van der Waals surface area contributed by atoms with Crippen molar-refractivity contribution in [2.75, 3.05) is 18.5 Å². The molecule has 0 heterocycles. The first-order valence-electron chi connectivity index (χ1n) is 8.99. The zero-order valence-corrected chi connectivity index (χ0v) is 17.6. The second kappa shape index (κ2) is 11.8. The smallest absolute Gasteiger partial charge is 0.329 e. The van der Waals surface area contributed by atoms with Crippen LogP contribution in [0.5, 0.6) is 5.75 Å². The van der Waals surface area contributed by atoms with Crippen LogP contribution in [0.2, 0.25) is 10.0 Å². The maximum atomic E-state index is 12.2. The fourth-order valence-electron chi connectivity index (χ4n) is 2.18. The summed E-state index contributed by atoms with van der Waals surface area (Å²) in [5.41, 5.74) is 3.00. The SMILES string of the molecule is CCCNC(=O)C(=O)N/N=C\c1ccccc1OCC(=O)Nc1cccc(Cl)c1Cl. The molecular weight excluding hydrogens is 431 g/mol. The summed E-state index contributed by atoms with van der Waals surface area (Å²) in [6.45, 7) is 1.98. The standard InChI is InChI=1S/C20H20Cl2N4O4/c1-2-10-23-19(28)20(29)26-24-11-13-6-3-4-9-16(13)30-12-17(27)25-15-8-5-7-14(21)18(15)22/h3-9,11H,2,10,12H2,1H3,(H,23,28)(H,25,27)(H,26,29)/b24-11-. The normalized spacial score (nSPS) is 10.5. The minimum atomic E-state index is -0.879. The lowest BCUT2D eigenvalue weighted by Crippen LogP contribution is -2.38. The van der Waals surface area contributed by atoms with Crippen LogP contribution >= 0.6 is 23.2 Å². The van der Waals surface area contributed by atoms with Crippen LogP contribution in [0.25, 0.3) is 0 Å². The van der Waals surface area contributed by atoms with Crippen LogP contribution in [0.4, 0.5) is 5.69 Å². The molecule has 8 nitrogen and oxygen atoms in total. The molecule has 0 saturated heterocycles. The largest absolute Gasteiger partial charge is 0.483 e. The summed E-state index contributed by atoms with van der Waals surface area (Å²) in [7, 11) is 0. The average molecular weight is 451 g/mol. The van der Waals surface area contributed by atoms with E-state index >= 15 is 0 Å². The number of para-hydroxylation sites is 1. The Hall–Kier alpha value is -3.10. The molecule has 3 amide bonds. The quantitative estimate of drug-likeness (QED) is 0.326. The van der Waals surface area contributed by atoms with Gasteiger partial charge in [0, 0.05) is 12.1 Å². The Morgan fingerprint density at radius 1 is 1.07 bits per heavy atom. The van der Waals surface area contributed by atoms with Gasteiger partial charge in [-0.05, 0) is 30.7 Å². The summed E-state index contributed by atoms with van der Waals surface area (Å²) in [6, 6.07) is 11.6. The summed E-state index contributed by atoms with van der Waals surface area (Å²) in [5, 5.41) is 9.36. The van der Waals surface area contributed by atoms with Crippen molar-refractivity contribution >= 4 is 52.8 Å². The van der Waals surface area contributed by atoms with Crippen LogP contribution < -0.4 is 20.8 Å². The third kappa shape index (κ3) is 7.06. The lowest BCUT2D eigenvalue weighted by Gasteiger charge is -2.11. The number of halogens is 2. The molecule has 0 spiro atoms. The number of nitrogens with zero attached hydrogens (tertiary/aromatic N) is 1. The van der Waals surface area contributed by atoms with E-state index in [1.165, 1.54) is 6.21 Å². The zero-order chi connectivity index (χ0) is 21.9. The number of carbonyl (C=O) groups is 3. The number of benzene rings is 2. The minimum absolute atomic E-state index is 0.235. The highest BCUT2D eigenvalue weighted by Crippen LogP contribution is 2.29. The van der Waals surface area contributed by atoms with E-state index in [-0.39, 0.29) is 11.6 Å². The summed E-state index contributed by atoms with van der Waals surface area (Å²) in [4.78, 5) is 35.3. The molecule has 0 aliphatic carbocycles. The van der Waals surface area contributed by atoms with E-state index in [2.05, 4.69) is 21.2 Å². The van der Waals surface area contributed by atoms with Gasteiger partial charge < -0.3 is 15.4 Å². The minimum Gasteiger partial charge on any atom is -0.483 e. The fraction of sp³-hybridized carbons (Fsp3) is 0.200. The average Bonchev–Trinajstić information content (AvgIpc) is 2.74. The summed E-state index contributed by atoms with van der Waals surface area (Å²) in [6.07, 6.45) is 2.02. The molecule has 2 rings (SSSR count). The van der Waals surface area contributed by atoms with Crippen molar-refractivity contribution in [1.29, 1.82) is 0 Å². The third-order valence-corrected chi connectivity index (χ3v) is 4.43. The van der Waals surface area contributed by atoms with E-state index < -0.39 is 17.7 Å². The second-order valence-corrected chi connectivity index (χ2v) is 6.72. The van der Waals surface area contributed by atoms with Crippen LogP contribution in [0.15, 0.2) is 47.6 Å². The maximum Gasteiger partial charge on any atom is 0.329 e. The highest BCUT2D eigenvalue weighted by atomic mass is 35.5. The van der Waals surface area contributed by atoms with Crippen molar-refractivity contribution in [3.05, 3.63) is 58.1 Å². The first-order valence-corrected chi connectivity index (χ1v) is 9.75. The molecule has 0 radical (unpaired) electrons. The van der Waals surface area contributed by atoms with Gasteiger partial charge in [-0.2, -0.15) is 5.10 Å². The van der Waals surface area contributed by atoms with Crippen molar-refractivity contribution in [2.45, 2.75) is 13.3 Å². The molecule has 0 fully saturated rings. The van der Waals surface area contributed by atoms with Crippen LogP contribution in [0, 0.1) is 0 Å². The van der Waals surface area contributed by atoms with Gasteiger partial charge in [0.05, 0.1) is 21.9 Å². The first-order chi connectivity index (χ1) is 14.4. The third-order valence-electron chi connectivity index (χ3n) is 3.61. The Bertz CT molecular complexity index is 950. The molecule has 2 aromatic carbocycles. The van der Waals surface area contributed by atoms with Crippen LogP contribution in [-0.2, 0) is 14.4 Å². The molecule has 0 saturated carbocycles. The Balaban J connectivity index is 1.93. The topological polar surface area (TPSA) is 109 Å². The number of nitrogens with one attached hydrogen (secondary N) is 3. The van der Waals surface area contributed by atoms with Gasteiger partial charge in [0.15, 0.2) is 6.61 Å². The molecule has 0 atom stereocenters. The predicted molar refractivity (Wildman–Crippen MR) is 116 cm³/mol. The molecule has 30 heavy (non-hydrogen) atoms. The van der Waals surface area contributed by atoms with Crippen LogP contribution in [0.3, 0.4) is 0 Å². The number of ether oxygens (including phenoxy) is 1. The number of carbonyl (C=O) groups excluding carboxylic acids is 3. The molecule has 0 bridgehead atoms. The molecule has 10 heteroatoms. The van der Waals surface area contributed by atoms with E-state index in [1.54, 1.807) is 42.5 Å². The Kier molecular flexibility index (Phi) is 9.11. The number of hydrogen-bond acceptors (Lipinski definition) is 5. The van der Waals surface area contributed by atoms with Crippen molar-refractivity contribution in [2.24, 2.45) is 5.10 Å². The molecule has 0 aliphatic rings. The van der Waals surface area contributed by atoms with Gasteiger partial charge >= 0.3 is 11.8 Å². The lowest BCUT2D eigenvalue weighted by atomic mass is 10.2. The number of hydrogen-bond donors (Lipinski definition) is 3. The van der Waals surface area contributed by atoms with Gasteiger partial charge in [0.1, 0.15) is 5.75 Å². The van der Waals surface area contributed by atoms with E-state index in [0.29, 0.717) is 35.0 Å². The number of hydrazone groups is 1. The summed E-state index contributed by atoms with van der Waals surface area (Å²) < 4.78 is 5.53. The monoisotopic (exact) mass is 450 g/mol. The molecule has 158 valence electrons. The summed E-state index contributed by atoms with van der Waals surface area (Å²) in [5.74, 6) is -1.73. The van der Waals surface area contributed by atoms with Gasteiger partial charge in [-0.25, -0.2) is 5.43 Å². The van der Waals surface area contributed by atoms with Gasteiger partial charge in [0.2, 0.25) is 0 Å². The van der Waals surface area contributed by atoms with Gasteiger partial charge in [0.25, 0.3) is 5.91 Å². The lowest BCUT2D eigenvalue weighted by molar-refractivity contribution is -0.139. The first kappa shape index (κ1) is 23.2.